The van der Waals surface area contributed by atoms with Crippen LogP contribution in [0.2, 0.25) is 0 Å². The first kappa shape index (κ1) is 13.8. The molecule has 2 rings (SSSR count). The van der Waals surface area contributed by atoms with Crippen molar-refractivity contribution >= 4 is 5.91 Å². The molecule has 0 aliphatic heterocycles. The second kappa shape index (κ2) is 6.53. The highest BCUT2D eigenvalue weighted by molar-refractivity contribution is 5.76. The van der Waals surface area contributed by atoms with Crippen LogP contribution < -0.4 is 11.1 Å². The Labute approximate surface area is 110 Å². The second-order valence-corrected chi connectivity index (χ2v) is 5.72. The van der Waals surface area contributed by atoms with Crippen LogP contribution in [0.4, 0.5) is 0 Å². The van der Waals surface area contributed by atoms with E-state index >= 15 is 0 Å². The number of rotatable bonds is 5. The number of carbonyl (C=O) groups excluding carboxylic acids is 1. The van der Waals surface area contributed by atoms with Gasteiger partial charge in [-0.3, -0.25) is 4.79 Å². The molecule has 2 aliphatic carbocycles. The fourth-order valence-electron chi connectivity index (χ4n) is 3.59. The summed E-state index contributed by atoms with van der Waals surface area (Å²) in [5, 5.41) is 3.23. The molecule has 1 amide bonds. The smallest absolute Gasteiger partial charge is 0.222 e. The zero-order valence-electron chi connectivity index (χ0n) is 11.4. The van der Waals surface area contributed by atoms with Gasteiger partial charge in [-0.25, -0.2) is 0 Å². The molecule has 0 aromatic heterocycles. The summed E-state index contributed by atoms with van der Waals surface area (Å²) in [6, 6.07) is 0.713. The fourth-order valence-corrected chi connectivity index (χ4v) is 3.59. The lowest BCUT2D eigenvalue weighted by Gasteiger charge is -2.45. The van der Waals surface area contributed by atoms with Gasteiger partial charge in [0.25, 0.3) is 0 Å². The summed E-state index contributed by atoms with van der Waals surface area (Å²) in [6.45, 7) is 3.16. The zero-order chi connectivity index (χ0) is 13.0. The number of nitrogens with two attached hydrogens (primary N) is 1. The third-order valence-electron chi connectivity index (χ3n) is 4.38. The number of nitrogens with one attached hydrogen (secondary N) is 1. The van der Waals surface area contributed by atoms with Gasteiger partial charge in [-0.2, -0.15) is 0 Å². The molecule has 0 aromatic carbocycles. The molecular weight excluding hydrogens is 228 g/mol. The van der Waals surface area contributed by atoms with Crippen molar-refractivity contribution in [2.24, 2.45) is 17.6 Å². The van der Waals surface area contributed by atoms with Crippen molar-refractivity contribution in [3.63, 3.8) is 0 Å². The van der Waals surface area contributed by atoms with E-state index in [0.717, 1.165) is 12.8 Å². The lowest BCUT2D eigenvalue weighted by molar-refractivity contribution is -0.124. The van der Waals surface area contributed by atoms with E-state index in [9.17, 15) is 4.79 Å². The van der Waals surface area contributed by atoms with Crippen LogP contribution in [0, 0.1) is 11.8 Å². The minimum Gasteiger partial charge on any atom is -0.381 e. The van der Waals surface area contributed by atoms with Crippen LogP contribution in [0.25, 0.3) is 0 Å². The molecule has 2 saturated carbocycles. The van der Waals surface area contributed by atoms with Crippen LogP contribution in [-0.4, -0.2) is 31.2 Å². The van der Waals surface area contributed by atoms with Crippen LogP contribution in [-0.2, 0) is 9.53 Å². The van der Waals surface area contributed by atoms with E-state index in [1.54, 1.807) is 0 Å². The van der Waals surface area contributed by atoms with Gasteiger partial charge < -0.3 is 15.8 Å². The van der Waals surface area contributed by atoms with Crippen LogP contribution in [0.15, 0.2) is 0 Å². The molecular formula is C14H26N2O2. The molecule has 4 heteroatoms. The molecule has 0 radical (unpaired) electrons. The normalized spacial score (nSPS) is 35.2. The van der Waals surface area contributed by atoms with E-state index in [1.807, 2.05) is 6.92 Å². The van der Waals surface area contributed by atoms with E-state index in [1.165, 1.54) is 19.3 Å². The van der Waals surface area contributed by atoms with Gasteiger partial charge in [-0.1, -0.05) is 6.42 Å². The highest BCUT2D eigenvalue weighted by Gasteiger charge is 2.39. The molecule has 0 heterocycles. The molecule has 0 spiro atoms. The molecule has 2 unspecified atom stereocenters. The molecule has 2 atom stereocenters. The van der Waals surface area contributed by atoms with Crippen LogP contribution in [0.1, 0.15) is 45.4 Å². The predicted octanol–water partition coefficient (Wildman–Crippen LogP) is 1.44. The van der Waals surface area contributed by atoms with Gasteiger partial charge in [0.05, 0.1) is 6.61 Å². The maximum Gasteiger partial charge on any atom is 0.222 e. The zero-order valence-corrected chi connectivity index (χ0v) is 11.4. The Bertz CT molecular complexity index is 269. The summed E-state index contributed by atoms with van der Waals surface area (Å²) in [6.07, 6.45) is 6.38. The standard InChI is InChI=1S/C14H26N2O2/c1-2-18-7-6-13(17)16-14-10-4-3-5-11(14)9-12(15)8-10/h10-12,14H,2-9,15H2,1H3,(H,16,17). The van der Waals surface area contributed by atoms with Crippen molar-refractivity contribution in [1.82, 2.24) is 5.32 Å². The van der Waals surface area contributed by atoms with Crippen molar-refractivity contribution in [3.8, 4) is 0 Å². The first-order chi connectivity index (χ1) is 8.70. The number of ether oxygens (including phenoxy) is 1. The third-order valence-corrected chi connectivity index (χ3v) is 4.38. The molecule has 2 bridgehead atoms. The monoisotopic (exact) mass is 254 g/mol. The molecule has 2 fully saturated rings. The van der Waals surface area contributed by atoms with Gasteiger partial charge >= 0.3 is 0 Å². The Balaban J connectivity index is 1.82. The first-order valence-electron chi connectivity index (χ1n) is 7.33. The molecule has 2 aliphatic rings. The van der Waals surface area contributed by atoms with Crippen LogP contribution in [0.3, 0.4) is 0 Å². The summed E-state index contributed by atoms with van der Waals surface area (Å²) in [5.41, 5.74) is 6.08. The molecule has 4 nitrogen and oxygen atoms in total. The summed E-state index contributed by atoms with van der Waals surface area (Å²) in [7, 11) is 0. The number of fused-ring (bicyclic) bond motifs is 2. The lowest BCUT2D eigenvalue weighted by Crippen LogP contribution is -2.53. The van der Waals surface area contributed by atoms with Crippen LogP contribution in [0.5, 0.6) is 0 Å². The SMILES string of the molecule is CCOCCC(=O)NC1C2CCCC1CC(N)C2. The highest BCUT2D eigenvalue weighted by atomic mass is 16.5. The Morgan fingerprint density at radius 2 is 2.00 bits per heavy atom. The van der Waals surface area contributed by atoms with Gasteiger partial charge in [0.15, 0.2) is 0 Å². The number of hydrogen-bond donors (Lipinski definition) is 2. The summed E-state index contributed by atoms with van der Waals surface area (Å²) in [4.78, 5) is 11.9. The van der Waals surface area contributed by atoms with Crippen molar-refractivity contribution in [1.29, 1.82) is 0 Å². The largest absolute Gasteiger partial charge is 0.381 e. The number of carbonyl (C=O) groups is 1. The Morgan fingerprint density at radius 3 is 2.61 bits per heavy atom. The van der Waals surface area contributed by atoms with Crippen LogP contribution >= 0.6 is 0 Å². The highest BCUT2D eigenvalue weighted by Crippen LogP contribution is 2.39. The van der Waals surface area contributed by atoms with Gasteiger partial charge in [0.1, 0.15) is 0 Å². The first-order valence-corrected chi connectivity index (χ1v) is 7.33. The predicted molar refractivity (Wildman–Crippen MR) is 71.1 cm³/mol. The average Bonchev–Trinajstić information content (AvgIpc) is 2.31. The van der Waals surface area contributed by atoms with Gasteiger partial charge in [-0.05, 0) is 44.4 Å². The van der Waals surface area contributed by atoms with E-state index in [4.69, 9.17) is 10.5 Å². The Hall–Kier alpha value is -0.610. The number of hydrogen-bond acceptors (Lipinski definition) is 3. The lowest BCUT2D eigenvalue weighted by atomic mass is 9.67. The topological polar surface area (TPSA) is 64.3 Å². The maximum atomic E-state index is 11.9. The van der Waals surface area contributed by atoms with Crippen molar-refractivity contribution < 1.29 is 9.53 Å². The number of amides is 1. The molecule has 0 aromatic rings. The quantitative estimate of drug-likeness (QED) is 0.730. The summed E-state index contributed by atoms with van der Waals surface area (Å²) in [5.74, 6) is 1.34. The summed E-state index contributed by atoms with van der Waals surface area (Å²) < 4.78 is 5.22. The molecule has 0 saturated heterocycles. The van der Waals surface area contributed by atoms with Crippen molar-refractivity contribution in [2.75, 3.05) is 13.2 Å². The minimum absolute atomic E-state index is 0.140. The average molecular weight is 254 g/mol. The van der Waals surface area contributed by atoms with Gasteiger partial charge in [-0.15, -0.1) is 0 Å². The molecule has 18 heavy (non-hydrogen) atoms. The fraction of sp³-hybridized carbons (Fsp3) is 0.929. The van der Waals surface area contributed by atoms with E-state index in [-0.39, 0.29) is 5.91 Å². The van der Waals surface area contributed by atoms with E-state index in [2.05, 4.69) is 5.32 Å². The third kappa shape index (κ3) is 3.45. The minimum atomic E-state index is 0.140. The molecule has 104 valence electrons. The Kier molecular flexibility index (Phi) is 5.01. The molecule has 3 N–H and O–H groups in total. The van der Waals surface area contributed by atoms with E-state index < -0.39 is 0 Å². The van der Waals surface area contributed by atoms with Crippen molar-refractivity contribution in [3.05, 3.63) is 0 Å². The van der Waals surface area contributed by atoms with E-state index in [0.29, 0.717) is 43.6 Å². The maximum absolute atomic E-state index is 11.9. The second-order valence-electron chi connectivity index (χ2n) is 5.72. The van der Waals surface area contributed by atoms with Gasteiger partial charge in [0, 0.05) is 25.1 Å². The van der Waals surface area contributed by atoms with Crippen molar-refractivity contribution in [2.45, 2.75) is 57.5 Å². The summed E-state index contributed by atoms with van der Waals surface area (Å²) >= 11 is 0. The van der Waals surface area contributed by atoms with Gasteiger partial charge in [0.2, 0.25) is 5.91 Å². The Morgan fingerprint density at radius 1 is 1.33 bits per heavy atom.